The predicted octanol–water partition coefficient (Wildman–Crippen LogP) is 0.843. The van der Waals surface area contributed by atoms with Gasteiger partial charge in [0.25, 0.3) is 0 Å². The van der Waals surface area contributed by atoms with Gasteiger partial charge in [0, 0.05) is 31.4 Å². The Hall–Kier alpha value is -1.07. The molecule has 5 nitrogen and oxygen atoms in total. The van der Waals surface area contributed by atoms with Crippen molar-refractivity contribution in [3.05, 3.63) is 12.3 Å². The summed E-state index contributed by atoms with van der Waals surface area (Å²) in [6.07, 6.45) is 7.42. The van der Waals surface area contributed by atoms with Crippen LogP contribution in [0.15, 0.2) is 12.3 Å². The van der Waals surface area contributed by atoms with Crippen LogP contribution < -0.4 is 5.73 Å². The lowest BCUT2D eigenvalue weighted by Crippen LogP contribution is -2.45. The van der Waals surface area contributed by atoms with Gasteiger partial charge in [-0.15, -0.1) is 0 Å². The average Bonchev–Trinajstić information content (AvgIpc) is 2.83. The first-order valence-corrected chi connectivity index (χ1v) is 6.95. The highest BCUT2D eigenvalue weighted by Crippen LogP contribution is 2.35. The lowest BCUT2D eigenvalue weighted by Gasteiger charge is -2.37. The minimum atomic E-state index is -0.0651. The molecule has 2 aliphatic heterocycles. The topological polar surface area (TPSA) is 67.3 Å². The number of hydrogen-bond donors (Lipinski definition) is 2. The summed E-state index contributed by atoms with van der Waals surface area (Å²) in [4.78, 5) is 2.60. The van der Waals surface area contributed by atoms with Gasteiger partial charge >= 0.3 is 0 Å². The van der Waals surface area contributed by atoms with E-state index in [1.807, 2.05) is 16.9 Å². The molecule has 0 saturated carbocycles. The molecule has 2 bridgehead atoms. The smallest absolute Gasteiger partial charge is 0.145 e. The van der Waals surface area contributed by atoms with Crippen molar-refractivity contribution >= 4 is 5.82 Å². The molecule has 1 aromatic rings. The van der Waals surface area contributed by atoms with Gasteiger partial charge in [-0.3, -0.25) is 9.58 Å². The predicted molar refractivity (Wildman–Crippen MR) is 70.0 cm³/mol. The standard InChI is InChI=1S/C13H22N4O/c14-13-4-7-16(15-13)5-1-6-17-10-2-3-11(17)9-12(18)8-10/h4,7,10-12,18H,1-3,5-6,8-9H2,(H2,14,15). The Morgan fingerprint density at radius 3 is 2.61 bits per heavy atom. The first-order valence-electron chi connectivity index (χ1n) is 6.95. The van der Waals surface area contributed by atoms with Gasteiger partial charge in [-0.25, -0.2) is 0 Å². The van der Waals surface area contributed by atoms with Crippen LogP contribution in [0, 0.1) is 0 Å². The minimum absolute atomic E-state index is 0.0651. The Morgan fingerprint density at radius 2 is 2.00 bits per heavy atom. The van der Waals surface area contributed by atoms with E-state index < -0.39 is 0 Å². The van der Waals surface area contributed by atoms with Crippen molar-refractivity contribution < 1.29 is 5.11 Å². The van der Waals surface area contributed by atoms with Crippen molar-refractivity contribution in [1.29, 1.82) is 0 Å². The molecule has 2 fully saturated rings. The van der Waals surface area contributed by atoms with Gasteiger partial charge < -0.3 is 10.8 Å². The van der Waals surface area contributed by atoms with E-state index in [9.17, 15) is 5.11 Å². The van der Waals surface area contributed by atoms with E-state index in [-0.39, 0.29) is 6.10 Å². The molecule has 2 saturated heterocycles. The van der Waals surface area contributed by atoms with Gasteiger partial charge in [0.05, 0.1) is 6.10 Å². The molecule has 1 aromatic heterocycles. The maximum Gasteiger partial charge on any atom is 0.145 e. The quantitative estimate of drug-likeness (QED) is 0.831. The van der Waals surface area contributed by atoms with Gasteiger partial charge in [-0.2, -0.15) is 5.10 Å². The number of anilines is 1. The maximum atomic E-state index is 9.76. The monoisotopic (exact) mass is 250 g/mol. The summed E-state index contributed by atoms with van der Waals surface area (Å²) in [5.41, 5.74) is 5.59. The third-order valence-electron chi connectivity index (χ3n) is 4.32. The van der Waals surface area contributed by atoms with Gasteiger partial charge in [-0.05, 0) is 38.2 Å². The van der Waals surface area contributed by atoms with Gasteiger partial charge in [0.15, 0.2) is 0 Å². The van der Waals surface area contributed by atoms with Crippen molar-refractivity contribution in [2.75, 3.05) is 12.3 Å². The number of aromatic nitrogens is 2. The van der Waals surface area contributed by atoms with Crippen LogP contribution >= 0.6 is 0 Å². The number of hydrogen-bond acceptors (Lipinski definition) is 4. The molecule has 2 aliphatic rings. The summed E-state index contributed by atoms with van der Waals surface area (Å²) in [7, 11) is 0. The minimum Gasteiger partial charge on any atom is -0.393 e. The fraction of sp³-hybridized carbons (Fsp3) is 0.769. The van der Waals surface area contributed by atoms with E-state index in [1.54, 1.807) is 0 Å². The molecule has 18 heavy (non-hydrogen) atoms. The van der Waals surface area contributed by atoms with E-state index in [0.717, 1.165) is 32.4 Å². The number of piperidine rings is 1. The molecule has 100 valence electrons. The summed E-state index contributed by atoms with van der Waals surface area (Å²) in [6, 6.07) is 3.06. The molecule has 0 aromatic carbocycles. The van der Waals surface area contributed by atoms with Crippen molar-refractivity contribution in [2.24, 2.45) is 0 Å². The molecule has 3 heterocycles. The second-order valence-electron chi connectivity index (χ2n) is 5.61. The molecular weight excluding hydrogens is 228 g/mol. The largest absolute Gasteiger partial charge is 0.393 e. The van der Waals surface area contributed by atoms with Crippen molar-refractivity contribution in [3.63, 3.8) is 0 Å². The lowest BCUT2D eigenvalue weighted by atomic mass is 10.00. The van der Waals surface area contributed by atoms with Crippen LogP contribution in [0.2, 0.25) is 0 Å². The third-order valence-corrected chi connectivity index (χ3v) is 4.32. The Balaban J connectivity index is 1.49. The SMILES string of the molecule is Nc1ccn(CCCN2C3CCC2CC(O)C3)n1. The van der Waals surface area contributed by atoms with Crippen LogP contribution in [0.3, 0.4) is 0 Å². The van der Waals surface area contributed by atoms with E-state index in [0.29, 0.717) is 17.9 Å². The molecule has 0 amide bonds. The zero-order valence-electron chi connectivity index (χ0n) is 10.7. The number of aliphatic hydroxyl groups excluding tert-OH is 1. The van der Waals surface area contributed by atoms with E-state index in [2.05, 4.69) is 10.00 Å². The summed E-state index contributed by atoms with van der Waals surface area (Å²) < 4.78 is 1.91. The molecule has 2 unspecified atom stereocenters. The second kappa shape index (κ2) is 4.90. The van der Waals surface area contributed by atoms with Crippen molar-refractivity contribution in [3.8, 4) is 0 Å². The summed E-state index contributed by atoms with van der Waals surface area (Å²) >= 11 is 0. The van der Waals surface area contributed by atoms with Crippen LogP contribution in [-0.2, 0) is 6.54 Å². The third kappa shape index (κ3) is 2.37. The molecule has 2 atom stereocenters. The number of aryl methyl sites for hydroxylation is 1. The van der Waals surface area contributed by atoms with Gasteiger partial charge in [-0.1, -0.05) is 0 Å². The summed E-state index contributed by atoms with van der Waals surface area (Å²) in [6.45, 7) is 2.04. The normalized spacial score (nSPS) is 31.9. The fourth-order valence-corrected chi connectivity index (χ4v) is 3.53. The number of nitrogen functional groups attached to an aromatic ring is 1. The van der Waals surface area contributed by atoms with E-state index >= 15 is 0 Å². The lowest BCUT2D eigenvalue weighted by molar-refractivity contribution is 0.0343. The van der Waals surface area contributed by atoms with Crippen LogP contribution in [0.1, 0.15) is 32.1 Å². The van der Waals surface area contributed by atoms with Gasteiger partial charge in [0.2, 0.25) is 0 Å². The Bertz CT molecular complexity index is 391. The average molecular weight is 250 g/mol. The van der Waals surface area contributed by atoms with Crippen molar-refractivity contribution in [1.82, 2.24) is 14.7 Å². The second-order valence-corrected chi connectivity index (χ2v) is 5.61. The summed E-state index contributed by atoms with van der Waals surface area (Å²) in [5, 5.41) is 14.0. The number of nitrogens with two attached hydrogens (primary N) is 1. The molecule has 0 aliphatic carbocycles. The zero-order chi connectivity index (χ0) is 12.5. The van der Waals surface area contributed by atoms with Crippen LogP contribution in [-0.4, -0.2) is 44.5 Å². The first-order chi connectivity index (χ1) is 8.72. The number of nitrogens with zero attached hydrogens (tertiary/aromatic N) is 3. The van der Waals surface area contributed by atoms with Crippen LogP contribution in [0.25, 0.3) is 0 Å². The highest BCUT2D eigenvalue weighted by molar-refractivity contribution is 5.23. The molecule has 0 spiro atoms. The Kier molecular flexibility index (Phi) is 3.26. The van der Waals surface area contributed by atoms with Gasteiger partial charge in [0.1, 0.15) is 5.82 Å². The highest BCUT2D eigenvalue weighted by Gasteiger charge is 2.39. The molecule has 0 radical (unpaired) electrons. The van der Waals surface area contributed by atoms with E-state index in [4.69, 9.17) is 5.73 Å². The maximum absolute atomic E-state index is 9.76. The number of aliphatic hydroxyl groups is 1. The van der Waals surface area contributed by atoms with E-state index in [1.165, 1.54) is 12.8 Å². The van der Waals surface area contributed by atoms with Crippen LogP contribution in [0.5, 0.6) is 0 Å². The highest BCUT2D eigenvalue weighted by atomic mass is 16.3. The summed E-state index contributed by atoms with van der Waals surface area (Å²) in [5.74, 6) is 0.594. The molecular formula is C13H22N4O. The first kappa shape index (κ1) is 12.0. The fourth-order valence-electron chi connectivity index (χ4n) is 3.53. The molecule has 3 rings (SSSR count). The van der Waals surface area contributed by atoms with Crippen LogP contribution in [0.4, 0.5) is 5.82 Å². The molecule has 5 heteroatoms. The number of rotatable bonds is 4. The Morgan fingerprint density at radius 1 is 1.28 bits per heavy atom. The Labute approximate surface area is 108 Å². The van der Waals surface area contributed by atoms with Crippen molar-refractivity contribution in [2.45, 2.75) is 56.8 Å². The number of fused-ring (bicyclic) bond motifs is 2. The zero-order valence-corrected chi connectivity index (χ0v) is 10.7. The molecule has 3 N–H and O–H groups in total.